The summed E-state index contributed by atoms with van der Waals surface area (Å²) in [6.07, 6.45) is -1.42. The van der Waals surface area contributed by atoms with Gasteiger partial charge in [-0.2, -0.15) is 0 Å². The fourth-order valence-corrected chi connectivity index (χ4v) is 1.20. The Bertz CT molecular complexity index is 374. The lowest BCUT2D eigenvalue weighted by Crippen LogP contribution is -2.28. The van der Waals surface area contributed by atoms with Gasteiger partial charge >= 0.3 is 0 Å². The molecule has 15 heavy (non-hydrogen) atoms. The smallest absolute Gasteiger partial charge is 0.255 e. The first-order valence-electron chi connectivity index (χ1n) is 3.88. The summed E-state index contributed by atoms with van der Waals surface area (Å²) >= 11 is 11.2. The average Bonchev–Trinajstić information content (AvgIpc) is 2.18. The van der Waals surface area contributed by atoms with Gasteiger partial charge in [-0.1, -0.05) is 23.2 Å². The zero-order chi connectivity index (χ0) is 11.4. The third-order valence-electron chi connectivity index (χ3n) is 1.48. The molecule has 0 unspecified atom stereocenters. The standard InChI is InChI=1S/C8H6Cl2F2N2O/c9-5-2-13-6(10)1-4(5)8(15)14-3-7(11)12/h1-2,7H,3H2,(H,14,15). The van der Waals surface area contributed by atoms with E-state index >= 15 is 0 Å². The molecule has 0 aliphatic rings. The number of carbonyl (C=O) groups is 1. The van der Waals surface area contributed by atoms with Crippen molar-refractivity contribution in [2.75, 3.05) is 6.54 Å². The lowest BCUT2D eigenvalue weighted by atomic mass is 10.2. The maximum Gasteiger partial charge on any atom is 0.255 e. The maximum absolute atomic E-state index is 11.8. The van der Waals surface area contributed by atoms with Crippen LogP contribution in [0.5, 0.6) is 0 Å². The molecular weight excluding hydrogens is 249 g/mol. The summed E-state index contributed by atoms with van der Waals surface area (Å²) in [5.74, 6) is -0.704. The second kappa shape index (κ2) is 5.23. The summed E-state index contributed by atoms with van der Waals surface area (Å²) in [5, 5.41) is 2.14. The third kappa shape index (κ3) is 3.60. The van der Waals surface area contributed by atoms with Gasteiger partial charge in [0.05, 0.1) is 17.1 Å². The second-order valence-electron chi connectivity index (χ2n) is 2.59. The number of amides is 1. The van der Waals surface area contributed by atoms with Gasteiger partial charge in [0.15, 0.2) is 0 Å². The summed E-state index contributed by atoms with van der Waals surface area (Å²) in [5.41, 5.74) is 0.0253. The van der Waals surface area contributed by atoms with E-state index in [4.69, 9.17) is 23.2 Å². The highest BCUT2D eigenvalue weighted by molar-refractivity contribution is 6.35. The number of rotatable bonds is 3. The molecule has 0 aliphatic carbocycles. The Kier molecular flexibility index (Phi) is 4.23. The third-order valence-corrected chi connectivity index (χ3v) is 1.99. The average molecular weight is 255 g/mol. The molecule has 0 saturated carbocycles. The van der Waals surface area contributed by atoms with Crippen molar-refractivity contribution in [3.63, 3.8) is 0 Å². The topological polar surface area (TPSA) is 42.0 Å². The zero-order valence-corrected chi connectivity index (χ0v) is 8.82. The van der Waals surface area contributed by atoms with Crippen molar-refractivity contribution in [2.24, 2.45) is 0 Å². The molecule has 7 heteroatoms. The maximum atomic E-state index is 11.8. The van der Waals surface area contributed by atoms with Crippen LogP contribution >= 0.6 is 23.2 Å². The Morgan fingerprint density at radius 2 is 2.20 bits per heavy atom. The first-order chi connectivity index (χ1) is 7.00. The van der Waals surface area contributed by atoms with E-state index in [-0.39, 0.29) is 15.7 Å². The molecule has 0 bridgehead atoms. The molecule has 3 nitrogen and oxygen atoms in total. The second-order valence-corrected chi connectivity index (χ2v) is 3.38. The first kappa shape index (κ1) is 12.1. The van der Waals surface area contributed by atoms with E-state index in [1.165, 1.54) is 12.3 Å². The monoisotopic (exact) mass is 254 g/mol. The van der Waals surface area contributed by atoms with Gasteiger partial charge in [0.2, 0.25) is 0 Å². The SMILES string of the molecule is O=C(NCC(F)F)c1cc(Cl)ncc1Cl. The first-order valence-corrected chi connectivity index (χ1v) is 4.63. The minimum atomic E-state index is -2.61. The largest absolute Gasteiger partial charge is 0.346 e. The number of halogens is 4. The van der Waals surface area contributed by atoms with E-state index in [2.05, 4.69) is 4.98 Å². The molecule has 1 aromatic heterocycles. The van der Waals surface area contributed by atoms with Gasteiger partial charge in [0.1, 0.15) is 5.15 Å². The zero-order valence-electron chi connectivity index (χ0n) is 7.31. The van der Waals surface area contributed by atoms with Crippen LogP contribution in [0.2, 0.25) is 10.2 Å². The summed E-state index contributed by atoms with van der Waals surface area (Å²) in [4.78, 5) is 14.9. The van der Waals surface area contributed by atoms with Crippen LogP contribution in [0, 0.1) is 0 Å². The molecule has 0 radical (unpaired) electrons. The van der Waals surface area contributed by atoms with Crippen LogP contribution in [0.1, 0.15) is 10.4 Å². The van der Waals surface area contributed by atoms with Crippen molar-refractivity contribution in [3.8, 4) is 0 Å². The van der Waals surface area contributed by atoms with E-state index in [1.54, 1.807) is 0 Å². The molecular formula is C8H6Cl2F2N2O. The molecule has 0 aliphatic heterocycles. The molecule has 0 atom stereocenters. The lowest BCUT2D eigenvalue weighted by molar-refractivity contribution is 0.0892. The molecule has 1 aromatic rings. The highest BCUT2D eigenvalue weighted by Crippen LogP contribution is 2.17. The summed E-state index contributed by atoms with van der Waals surface area (Å²) in [7, 11) is 0. The Hall–Kier alpha value is -0.940. The molecule has 0 aromatic carbocycles. The van der Waals surface area contributed by atoms with E-state index in [0.717, 1.165) is 0 Å². The Balaban J connectivity index is 2.77. The number of pyridine rings is 1. The number of hydrogen-bond acceptors (Lipinski definition) is 2. The van der Waals surface area contributed by atoms with E-state index in [9.17, 15) is 13.6 Å². The fourth-order valence-electron chi connectivity index (χ4n) is 0.852. The van der Waals surface area contributed by atoms with Crippen LogP contribution in [0.15, 0.2) is 12.3 Å². The summed E-state index contributed by atoms with van der Waals surface area (Å²) in [6, 6.07) is 1.21. The van der Waals surface area contributed by atoms with Gasteiger partial charge in [-0.25, -0.2) is 13.8 Å². The van der Waals surface area contributed by atoms with Crippen molar-refractivity contribution in [1.82, 2.24) is 10.3 Å². The van der Waals surface area contributed by atoms with Crippen molar-refractivity contribution in [1.29, 1.82) is 0 Å². The molecule has 1 rings (SSSR count). The van der Waals surface area contributed by atoms with Crippen molar-refractivity contribution in [2.45, 2.75) is 6.43 Å². The molecule has 82 valence electrons. The van der Waals surface area contributed by atoms with Crippen molar-refractivity contribution >= 4 is 29.1 Å². The van der Waals surface area contributed by atoms with Crippen LogP contribution in [-0.4, -0.2) is 23.9 Å². The number of aromatic nitrogens is 1. The number of nitrogens with zero attached hydrogens (tertiary/aromatic N) is 1. The number of nitrogens with one attached hydrogen (secondary N) is 1. The van der Waals surface area contributed by atoms with Gasteiger partial charge in [0.25, 0.3) is 12.3 Å². The predicted molar refractivity (Wildman–Crippen MR) is 52.6 cm³/mol. The van der Waals surface area contributed by atoms with Crippen LogP contribution in [0.25, 0.3) is 0 Å². The molecule has 0 saturated heterocycles. The van der Waals surface area contributed by atoms with Gasteiger partial charge in [-0.15, -0.1) is 0 Å². The van der Waals surface area contributed by atoms with Crippen LogP contribution in [0.4, 0.5) is 8.78 Å². The quantitative estimate of drug-likeness (QED) is 0.842. The molecule has 1 amide bonds. The molecule has 0 spiro atoms. The summed E-state index contributed by atoms with van der Waals surface area (Å²) < 4.78 is 23.6. The van der Waals surface area contributed by atoms with Gasteiger partial charge < -0.3 is 5.32 Å². The number of hydrogen-bond donors (Lipinski definition) is 1. The Morgan fingerprint density at radius 1 is 1.53 bits per heavy atom. The van der Waals surface area contributed by atoms with E-state index in [0.29, 0.717) is 0 Å². The van der Waals surface area contributed by atoms with E-state index < -0.39 is 18.9 Å². The number of alkyl halides is 2. The minimum absolute atomic E-state index is 0.0253. The minimum Gasteiger partial charge on any atom is -0.346 e. The van der Waals surface area contributed by atoms with E-state index in [1.807, 2.05) is 5.32 Å². The molecule has 0 fully saturated rings. The van der Waals surface area contributed by atoms with Crippen LogP contribution in [-0.2, 0) is 0 Å². The highest BCUT2D eigenvalue weighted by Gasteiger charge is 2.13. The van der Waals surface area contributed by atoms with Gasteiger partial charge in [0, 0.05) is 6.20 Å². The fraction of sp³-hybridized carbons (Fsp3) is 0.250. The molecule has 1 N–H and O–H groups in total. The predicted octanol–water partition coefficient (Wildman–Crippen LogP) is 2.38. The summed E-state index contributed by atoms with van der Waals surface area (Å²) in [6.45, 7) is -0.727. The van der Waals surface area contributed by atoms with Gasteiger partial charge in [-0.3, -0.25) is 4.79 Å². The Morgan fingerprint density at radius 3 is 2.80 bits per heavy atom. The van der Waals surface area contributed by atoms with Gasteiger partial charge in [-0.05, 0) is 6.07 Å². The lowest BCUT2D eigenvalue weighted by Gasteiger charge is -2.05. The van der Waals surface area contributed by atoms with Crippen LogP contribution in [0.3, 0.4) is 0 Å². The van der Waals surface area contributed by atoms with Crippen molar-refractivity contribution in [3.05, 3.63) is 28.0 Å². The normalized spacial score (nSPS) is 10.5. The van der Waals surface area contributed by atoms with Crippen molar-refractivity contribution < 1.29 is 13.6 Å². The highest BCUT2D eigenvalue weighted by atomic mass is 35.5. The van der Waals surface area contributed by atoms with Crippen LogP contribution < -0.4 is 5.32 Å². The number of carbonyl (C=O) groups excluding carboxylic acids is 1. The Labute approximate surface area is 94.4 Å². The molecule has 1 heterocycles.